The van der Waals surface area contributed by atoms with E-state index in [-0.39, 0.29) is 6.61 Å². The van der Waals surface area contributed by atoms with Gasteiger partial charge in [-0.15, -0.1) is 0 Å². The number of aliphatic hydroxyl groups is 1. The summed E-state index contributed by atoms with van der Waals surface area (Å²) in [7, 11) is 0. The maximum absolute atomic E-state index is 8.87. The standard InChI is InChI=1S/C12H19N3O/c1-11-2-3-13-12(10-11)15-6-4-14(5-7-15)8-9-16/h2-3,10,16H,4-9H2,1H3. The van der Waals surface area contributed by atoms with Gasteiger partial charge in [-0.3, -0.25) is 4.90 Å². The van der Waals surface area contributed by atoms with Gasteiger partial charge in [-0.1, -0.05) is 0 Å². The number of anilines is 1. The fourth-order valence-corrected chi connectivity index (χ4v) is 2.04. The normalized spacial score (nSPS) is 17.8. The number of β-amino-alcohol motifs (C(OH)–C–C–N with tert-alkyl or cyclic N) is 1. The zero-order valence-electron chi connectivity index (χ0n) is 9.76. The Morgan fingerprint density at radius 2 is 2.06 bits per heavy atom. The molecule has 0 aliphatic carbocycles. The van der Waals surface area contributed by atoms with Crippen LogP contribution in [0.1, 0.15) is 5.56 Å². The molecule has 0 bridgehead atoms. The molecule has 0 unspecified atom stereocenters. The topological polar surface area (TPSA) is 39.6 Å². The Labute approximate surface area is 96.5 Å². The van der Waals surface area contributed by atoms with Crippen LogP contribution >= 0.6 is 0 Å². The van der Waals surface area contributed by atoms with Gasteiger partial charge in [0.1, 0.15) is 5.82 Å². The smallest absolute Gasteiger partial charge is 0.128 e. The molecule has 2 heterocycles. The lowest BCUT2D eigenvalue weighted by atomic mass is 10.2. The van der Waals surface area contributed by atoms with Crippen molar-refractivity contribution >= 4 is 5.82 Å². The number of piperazine rings is 1. The number of aromatic nitrogens is 1. The van der Waals surface area contributed by atoms with Crippen molar-refractivity contribution in [2.75, 3.05) is 44.2 Å². The second kappa shape index (κ2) is 5.27. The highest BCUT2D eigenvalue weighted by molar-refractivity contribution is 5.41. The van der Waals surface area contributed by atoms with Gasteiger partial charge in [0, 0.05) is 38.9 Å². The minimum atomic E-state index is 0.253. The molecule has 0 amide bonds. The summed E-state index contributed by atoms with van der Waals surface area (Å²) in [5.74, 6) is 1.07. The molecule has 1 N–H and O–H groups in total. The Morgan fingerprint density at radius 3 is 2.69 bits per heavy atom. The van der Waals surface area contributed by atoms with Crippen LogP contribution in [0.5, 0.6) is 0 Å². The van der Waals surface area contributed by atoms with Gasteiger partial charge >= 0.3 is 0 Å². The number of aliphatic hydroxyl groups excluding tert-OH is 1. The van der Waals surface area contributed by atoms with Crippen molar-refractivity contribution < 1.29 is 5.11 Å². The predicted octanol–water partition coefficient (Wildman–Crippen LogP) is 0.504. The average Bonchev–Trinajstić information content (AvgIpc) is 2.30. The Morgan fingerprint density at radius 1 is 1.31 bits per heavy atom. The molecule has 88 valence electrons. The molecule has 2 rings (SSSR count). The quantitative estimate of drug-likeness (QED) is 0.807. The van der Waals surface area contributed by atoms with E-state index in [1.54, 1.807) is 0 Å². The number of hydrogen-bond acceptors (Lipinski definition) is 4. The molecule has 1 aromatic rings. The minimum Gasteiger partial charge on any atom is -0.395 e. The summed E-state index contributed by atoms with van der Waals surface area (Å²) in [6, 6.07) is 4.15. The van der Waals surface area contributed by atoms with Crippen LogP contribution in [-0.2, 0) is 0 Å². The molecular weight excluding hydrogens is 202 g/mol. The molecule has 0 spiro atoms. The summed E-state index contributed by atoms with van der Waals surface area (Å²) in [6.45, 7) is 7.14. The molecule has 1 aliphatic heterocycles. The van der Waals surface area contributed by atoms with Crippen LogP contribution in [0.25, 0.3) is 0 Å². The first kappa shape index (κ1) is 11.4. The van der Waals surface area contributed by atoms with Crippen molar-refractivity contribution in [1.29, 1.82) is 0 Å². The molecule has 1 saturated heterocycles. The van der Waals surface area contributed by atoms with E-state index >= 15 is 0 Å². The van der Waals surface area contributed by atoms with Crippen molar-refractivity contribution in [3.05, 3.63) is 23.9 Å². The molecule has 1 aliphatic rings. The zero-order chi connectivity index (χ0) is 11.4. The van der Waals surface area contributed by atoms with Crippen molar-refractivity contribution in [1.82, 2.24) is 9.88 Å². The van der Waals surface area contributed by atoms with Crippen LogP contribution in [0, 0.1) is 6.92 Å². The molecule has 1 fully saturated rings. The molecule has 0 aromatic carbocycles. The first-order valence-electron chi connectivity index (χ1n) is 5.80. The zero-order valence-corrected chi connectivity index (χ0v) is 9.76. The van der Waals surface area contributed by atoms with Crippen LogP contribution < -0.4 is 4.90 Å². The summed E-state index contributed by atoms with van der Waals surface area (Å²) in [4.78, 5) is 8.98. The number of nitrogens with zero attached hydrogens (tertiary/aromatic N) is 3. The van der Waals surface area contributed by atoms with Gasteiger partial charge in [-0.05, 0) is 24.6 Å². The SMILES string of the molecule is Cc1ccnc(N2CCN(CCO)CC2)c1. The molecule has 4 nitrogen and oxygen atoms in total. The van der Waals surface area contributed by atoms with Gasteiger partial charge in [0.25, 0.3) is 0 Å². The molecule has 0 atom stereocenters. The van der Waals surface area contributed by atoms with Crippen molar-refractivity contribution in [2.24, 2.45) is 0 Å². The lowest BCUT2D eigenvalue weighted by molar-refractivity contribution is 0.188. The number of aryl methyl sites for hydroxylation is 1. The monoisotopic (exact) mass is 221 g/mol. The molecule has 4 heteroatoms. The Kier molecular flexibility index (Phi) is 3.74. The number of rotatable bonds is 3. The van der Waals surface area contributed by atoms with E-state index in [9.17, 15) is 0 Å². The van der Waals surface area contributed by atoms with Gasteiger partial charge in [-0.25, -0.2) is 4.98 Å². The first-order chi connectivity index (χ1) is 7.79. The fraction of sp³-hybridized carbons (Fsp3) is 0.583. The summed E-state index contributed by atoms with van der Waals surface area (Å²) in [6.07, 6.45) is 1.87. The Hall–Kier alpha value is -1.13. The molecule has 0 radical (unpaired) electrons. The van der Waals surface area contributed by atoms with Crippen LogP contribution in [0.15, 0.2) is 18.3 Å². The largest absolute Gasteiger partial charge is 0.395 e. The average molecular weight is 221 g/mol. The second-order valence-corrected chi connectivity index (χ2v) is 4.24. The number of hydrogen-bond donors (Lipinski definition) is 1. The highest BCUT2D eigenvalue weighted by atomic mass is 16.3. The molecule has 0 saturated carbocycles. The van der Waals surface area contributed by atoms with Crippen LogP contribution in [0.2, 0.25) is 0 Å². The summed E-state index contributed by atoms with van der Waals surface area (Å²) >= 11 is 0. The van der Waals surface area contributed by atoms with E-state index in [4.69, 9.17) is 5.11 Å². The molecule has 16 heavy (non-hydrogen) atoms. The van der Waals surface area contributed by atoms with Gasteiger partial charge in [0.05, 0.1) is 6.61 Å². The van der Waals surface area contributed by atoms with E-state index in [1.165, 1.54) is 5.56 Å². The van der Waals surface area contributed by atoms with E-state index in [0.717, 1.165) is 38.5 Å². The van der Waals surface area contributed by atoms with Crippen molar-refractivity contribution in [3.8, 4) is 0 Å². The molecular formula is C12H19N3O. The third-order valence-corrected chi connectivity index (χ3v) is 3.01. The Bertz CT molecular complexity index is 335. The summed E-state index contributed by atoms with van der Waals surface area (Å²) < 4.78 is 0. The maximum atomic E-state index is 8.87. The van der Waals surface area contributed by atoms with Crippen LogP contribution in [-0.4, -0.2) is 54.3 Å². The van der Waals surface area contributed by atoms with E-state index in [1.807, 2.05) is 12.3 Å². The van der Waals surface area contributed by atoms with Crippen molar-refractivity contribution in [3.63, 3.8) is 0 Å². The van der Waals surface area contributed by atoms with Gasteiger partial charge in [-0.2, -0.15) is 0 Å². The third kappa shape index (κ3) is 2.71. The first-order valence-corrected chi connectivity index (χ1v) is 5.80. The van der Waals surface area contributed by atoms with Gasteiger partial charge < -0.3 is 10.0 Å². The maximum Gasteiger partial charge on any atom is 0.128 e. The third-order valence-electron chi connectivity index (χ3n) is 3.01. The van der Waals surface area contributed by atoms with Gasteiger partial charge in [0.2, 0.25) is 0 Å². The van der Waals surface area contributed by atoms with Crippen LogP contribution in [0.4, 0.5) is 5.82 Å². The molecule has 1 aromatic heterocycles. The lowest BCUT2D eigenvalue weighted by Gasteiger charge is -2.35. The number of pyridine rings is 1. The van der Waals surface area contributed by atoms with E-state index in [0.29, 0.717) is 0 Å². The highest BCUT2D eigenvalue weighted by Crippen LogP contribution is 2.14. The second-order valence-electron chi connectivity index (χ2n) is 4.24. The van der Waals surface area contributed by atoms with Crippen molar-refractivity contribution in [2.45, 2.75) is 6.92 Å². The predicted molar refractivity (Wildman–Crippen MR) is 64.7 cm³/mol. The van der Waals surface area contributed by atoms with E-state index in [2.05, 4.69) is 27.8 Å². The highest BCUT2D eigenvalue weighted by Gasteiger charge is 2.17. The summed E-state index contributed by atoms with van der Waals surface area (Å²) in [5.41, 5.74) is 1.25. The lowest BCUT2D eigenvalue weighted by Crippen LogP contribution is -2.47. The minimum absolute atomic E-state index is 0.253. The fourth-order valence-electron chi connectivity index (χ4n) is 2.04. The Balaban J connectivity index is 1.94. The summed E-state index contributed by atoms with van der Waals surface area (Å²) in [5, 5.41) is 8.87. The van der Waals surface area contributed by atoms with Gasteiger partial charge in [0.15, 0.2) is 0 Å². The van der Waals surface area contributed by atoms with Crippen LogP contribution in [0.3, 0.4) is 0 Å². The van der Waals surface area contributed by atoms with E-state index < -0.39 is 0 Å².